The van der Waals surface area contributed by atoms with Crippen LogP contribution in [0.2, 0.25) is 0 Å². The van der Waals surface area contributed by atoms with Gasteiger partial charge in [0.1, 0.15) is 0 Å². The van der Waals surface area contributed by atoms with E-state index in [2.05, 4.69) is 31.9 Å². The van der Waals surface area contributed by atoms with Crippen molar-refractivity contribution < 1.29 is 4.79 Å². The molecule has 1 aliphatic rings. The molecule has 0 amide bonds. The highest BCUT2D eigenvalue weighted by molar-refractivity contribution is 9.10. The van der Waals surface area contributed by atoms with Gasteiger partial charge >= 0.3 is 0 Å². The summed E-state index contributed by atoms with van der Waals surface area (Å²) in [6.07, 6.45) is 2.88. The summed E-state index contributed by atoms with van der Waals surface area (Å²) in [5.41, 5.74) is 4.68. The highest BCUT2D eigenvalue weighted by Crippen LogP contribution is 2.30. The summed E-state index contributed by atoms with van der Waals surface area (Å²) in [4.78, 5) is 19.7. The fourth-order valence-electron chi connectivity index (χ4n) is 3.43. The van der Waals surface area contributed by atoms with E-state index in [1.54, 1.807) is 18.3 Å². The third kappa shape index (κ3) is 2.83. The first kappa shape index (κ1) is 17.0. The molecular formula is C20H17BrN4O. The summed E-state index contributed by atoms with van der Waals surface area (Å²) >= 11 is 3.48. The van der Waals surface area contributed by atoms with Crippen molar-refractivity contribution in [2.24, 2.45) is 0 Å². The van der Waals surface area contributed by atoms with Crippen molar-refractivity contribution in [2.45, 2.75) is 13.3 Å². The molecular weight excluding hydrogens is 392 g/mol. The van der Waals surface area contributed by atoms with E-state index in [0.717, 1.165) is 46.4 Å². The number of nitriles is 1. The second-order valence-corrected chi connectivity index (χ2v) is 7.44. The summed E-state index contributed by atoms with van der Waals surface area (Å²) in [6, 6.07) is 11.5. The second kappa shape index (κ2) is 6.67. The third-order valence-electron chi connectivity index (χ3n) is 4.86. The highest BCUT2D eigenvalue weighted by atomic mass is 79.9. The summed E-state index contributed by atoms with van der Waals surface area (Å²) in [7, 11) is 0. The number of fused-ring (bicyclic) bond motifs is 1. The second-order valence-electron chi connectivity index (χ2n) is 6.53. The normalized spacial score (nSPS) is 14.2. The zero-order valence-corrected chi connectivity index (χ0v) is 16.0. The maximum atomic E-state index is 13.0. The smallest absolute Gasteiger partial charge is 0.180 e. The molecule has 130 valence electrons. The molecule has 4 rings (SSSR count). The van der Waals surface area contributed by atoms with Crippen LogP contribution in [0.3, 0.4) is 0 Å². The molecule has 2 aromatic heterocycles. The van der Waals surface area contributed by atoms with E-state index < -0.39 is 0 Å². The molecule has 0 saturated carbocycles. The maximum absolute atomic E-state index is 13.0. The van der Waals surface area contributed by atoms with Gasteiger partial charge in [-0.3, -0.25) is 14.7 Å². The van der Waals surface area contributed by atoms with Gasteiger partial charge in [-0.05, 0) is 72.7 Å². The Hall–Kier alpha value is -2.49. The number of Topliss-reactive ketones (excluding diaryl/α,β-unsaturated/α-hetero) is 1. The molecule has 6 heteroatoms. The Morgan fingerprint density at radius 2 is 2.04 bits per heavy atom. The van der Waals surface area contributed by atoms with Gasteiger partial charge in [-0.15, -0.1) is 0 Å². The molecule has 0 unspecified atom stereocenters. The number of carbonyl (C=O) groups excluding carboxylic acids is 1. The van der Waals surface area contributed by atoms with Gasteiger partial charge in [-0.25, -0.2) is 0 Å². The first-order valence-electron chi connectivity index (χ1n) is 8.51. The summed E-state index contributed by atoms with van der Waals surface area (Å²) in [5.74, 6) is 0.106. The molecule has 3 heterocycles. The minimum Gasteiger partial charge on any atom is -0.311 e. The standard InChI is InChI=1S/C20H17BrN4O/c1-13-19(18(26)12-24-7-2-8-24)20-17(9-15(21)11-23-20)25(13)16-5-3-14(10-22)4-6-16/h3-6,9,11H,2,7-8,12H2,1H3. The summed E-state index contributed by atoms with van der Waals surface area (Å²) in [5, 5.41) is 9.03. The van der Waals surface area contributed by atoms with E-state index in [4.69, 9.17) is 5.26 Å². The number of nitrogens with zero attached hydrogens (tertiary/aromatic N) is 4. The number of carbonyl (C=O) groups is 1. The molecule has 0 radical (unpaired) electrons. The SMILES string of the molecule is Cc1c(C(=O)CN2CCC2)c2ncc(Br)cc2n1-c1ccc(C#N)cc1. The van der Waals surface area contributed by atoms with E-state index in [9.17, 15) is 4.79 Å². The van der Waals surface area contributed by atoms with Crippen LogP contribution in [-0.2, 0) is 0 Å². The molecule has 5 nitrogen and oxygen atoms in total. The van der Waals surface area contributed by atoms with Crippen LogP contribution in [0, 0.1) is 18.3 Å². The number of likely N-dealkylation sites (tertiary alicyclic amines) is 1. The van der Waals surface area contributed by atoms with Crippen LogP contribution in [0.15, 0.2) is 41.0 Å². The Morgan fingerprint density at radius 3 is 2.65 bits per heavy atom. The minimum atomic E-state index is 0.106. The van der Waals surface area contributed by atoms with E-state index in [1.165, 1.54) is 0 Å². The van der Waals surface area contributed by atoms with Crippen LogP contribution in [0.4, 0.5) is 0 Å². The summed E-state index contributed by atoms with van der Waals surface area (Å²) in [6.45, 7) is 4.36. The van der Waals surface area contributed by atoms with Crippen molar-refractivity contribution in [1.29, 1.82) is 5.26 Å². The maximum Gasteiger partial charge on any atom is 0.180 e. The van der Waals surface area contributed by atoms with E-state index in [1.807, 2.05) is 29.7 Å². The van der Waals surface area contributed by atoms with Crippen LogP contribution in [0.5, 0.6) is 0 Å². The van der Waals surface area contributed by atoms with E-state index in [0.29, 0.717) is 17.7 Å². The molecule has 0 aliphatic carbocycles. The third-order valence-corrected chi connectivity index (χ3v) is 5.29. The van der Waals surface area contributed by atoms with Gasteiger partial charge < -0.3 is 4.57 Å². The van der Waals surface area contributed by atoms with Gasteiger partial charge in [0, 0.05) is 22.1 Å². The van der Waals surface area contributed by atoms with Gasteiger partial charge in [-0.1, -0.05) is 0 Å². The van der Waals surface area contributed by atoms with Gasteiger partial charge in [0.2, 0.25) is 0 Å². The van der Waals surface area contributed by atoms with Crippen LogP contribution in [-0.4, -0.2) is 39.9 Å². The van der Waals surface area contributed by atoms with Crippen molar-refractivity contribution in [3.8, 4) is 11.8 Å². The van der Waals surface area contributed by atoms with Crippen molar-refractivity contribution in [2.75, 3.05) is 19.6 Å². The highest BCUT2D eigenvalue weighted by Gasteiger charge is 2.25. The van der Waals surface area contributed by atoms with Gasteiger partial charge in [0.05, 0.1) is 34.8 Å². The Bertz CT molecular complexity index is 1040. The van der Waals surface area contributed by atoms with Crippen LogP contribution in [0.25, 0.3) is 16.7 Å². The van der Waals surface area contributed by atoms with Crippen molar-refractivity contribution in [3.05, 3.63) is 57.8 Å². The lowest BCUT2D eigenvalue weighted by atomic mass is 10.1. The molecule has 1 fully saturated rings. The predicted octanol–water partition coefficient (Wildman–Crippen LogP) is 3.86. The van der Waals surface area contributed by atoms with Crippen LogP contribution < -0.4 is 0 Å². The molecule has 3 aromatic rings. The number of pyridine rings is 1. The molecule has 0 bridgehead atoms. The molecule has 0 atom stereocenters. The van der Waals surface area contributed by atoms with Crippen LogP contribution >= 0.6 is 15.9 Å². The van der Waals surface area contributed by atoms with Gasteiger partial charge in [-0.2, -0.15) is 5.26 Å². The quantitative estimate of drug-likeness (QED) is 0.614. The molecule has 26 heavy (non-hydrogen) atoms. The average molecular weight is 409 g/mol. The number of hydrogen-bond donors (Lipinski definition) is 0. The minimum absolute atomic E-state index is 0.106. The first-order valence-corrected chi connectivity index (χ1v) is 9.30. The van der Waals surface area contributed by atoms with Gasteiger partial charge in [0.15, 0.2) is 5.78 Å². The fraction of sp³-hybridized carbons (Fsp3) is 0.250. The van der Waals surface area contributed by atoms with Crippen LogP contribution in [0.1, 0.15) is 28.0 Å². The lowest BCUT2D eigenvalue weighted by Gasteiger charge is -2.29. The van der Waals surface area contributed by atoms with Gasteiger partial charge in [0.25, 0.3) is 0 Å². The number of ketones is 1. The van der Waals surface area contributed by atoms with Crippen molar-refractivity contribution in [1.82, 2.24) is 14.5 Å². The first-order chi connectivity index (χ1) is 12.6. The number of benzene rings is 1. The molecule has 0 spiro atoms. The largest absolute Gasteiger partial charge is 0.311 e. The number of halogens is 1. The molecule has 1 saturated heterocycles. The predicted molar refractivity (Wildman–Crippen MR) is 104 cm³/mol. The fourth-order valence-corrected chi connectivity index (χ4v) is 3.75. The van der Waals surface area contributed by atoms with E-state index in [-0.39, 0.29) is 5.78 Å². The topological polar surface area (TPSA) is 61.9 Å². The number of hydrogen-bond acceptors (Lipinski definition) is 4. The lowest BCUT2D eigenvalue weighted by Crippen LogP contribution is -2.40. The summed E-state index contributed by atoms with van der Waals surface area (Å²) < 4.78 is 2.90. The van der Waals surface area contributed by atoms with E-state index >= 15 is 0 Å². The Kier molecular flexibility index (Phi) is 4.35. The average Bonchev–Trinajstić information content (AvgIpc) is 2.89. The van der Waals surface area contributed by atoms with Crippen molar-refractivity contribution >= 4 is 32.7 Å². The van der Waals surface area contributed by atoms with Crippen molar-refractivity contribution in [3.63, 3.8) is 0 Å². The Morgan fingerprint density at radius 1 is 1.31 bits per heavy atom. The Balaban J connectivity index is 1.88. The molecule has 0 N–H and O–H groups in total. The zero-order chi connectivity index (χ0) is 18.3. The lowest BCUT2D eigenvalue weighted by molar-refractivity contribution is 0.0876. The number of aromatic nitrogens is 2. The molecule has 1 aliphatic heterocycles. The Labute approximate surface area is 160 Å². The monoisotopic (exact) mass is 408 g/mol. The number of rotatable bonds is 4. The molecule has 1 aromatic carbocycles. The zero-order valence-electron chi connectivity index (χ0n) is 14.4.